The van der Waals surface area contributed by atoms with Crippen molar-refractivity contribution in [3.05, 3.63) is 84.4 Å². The Hall–Kier alpha value is -3.25. The van der Waals surface area contributed by atoms with E-state index < -0.39 is 0 Å². The van der Waals surface area contributed by atoms with Crippen molar-refractivity contribution in [3.8, 4) is 0 Å². The Morgan fingerprint density at radius 3 is 2.56 bits per heavy atom. The Morgan fingerprint density at radius 1 is 0.963 bits per heavy atom. The zero-order valence-corrected chi connectivity index (χ0v) is 15.0. The lowest BCUT2D eigenvalue weighted by atomic mass is 10.1. The van der Waals surface area contributed by atoms with E-state index in [1.54, 1.807) is 6.20 Å². The minimum Gasteiger partial charge on any atom is -0.361 e. The molecule has 6 heteroatoms. The van der Waals surface area contributed by atoms with Crippen molar-refractivity contribution in [2.75, 3.05) is 11.9 Å². The molecule has 2 aromatic heterocycles. The average Bonchev–Trinajstić information content (AvgIpc) is 3.22. The van der Waals surface area contributed by atoms with Gasteiger partial charge in [-0.2, -0.15) is 5.10 Å². The van der Waals surface area contributed by atoms with Gasteiger partial charge in [0.25, 0.3) is 0 Å². The monoisotopic (exact) mass is 358 g/mol. The van der Waals surface area contributed by atoms with Gasteiger partial charge in [0.05, 0.1) is 18.1 Å². The smallest absolute Gasteiger partial charge is 0.138 e. The largest absolute Gasteiger partial charge is 0.361 e. The van der Waals surface area contributed by atoms with E-state index in [1.807, 2.05) is 59.4 Å². The third kappa shape index (κ3) is 3.96. The fourth-order valence-corrected chi connectivity index (χ4v) is 3.16. The van der Waals surface area contributed by atoms with Gasteiger partial charge < -0.3 is 11.1 Å². The highest BCUT2D eigenvalue weighted by Crippen LogP contribution is 2.26. The van der Waals surface area contributed by atoms with Crippen LogP contribution in [0.1, 0.15) is 17.4 Å². The summed E-state index contributed by atoms with van der Waals surface area (Å²) in [5.41, 5.74) is 7.82. The Balaban J connectivity index is 1.74. The van der Waals surface area contributed by atoms with Gasteiger partial charge in [0, 0.05) is 24.2 Å². The van der Waals surface area contributed by atoms with Crippen LogP contribution in [0.2, 0.25) is 0 Å². The lowest BCUT2D eigenvalue weighted by molar-refractivity contribution is 0.550. The molecule has 4 rings (SSSR count). The summed E-state index contributed by atoms with van der Waals surface area (Å²) in [6.45, 7) is 1.22. The van der Waals surface area contributed by atoms with E-state index >= 15 is 0 Å². The highest BCUT2D eigenvalue weighted by Gasteiger charge is 2.16. The minimum atomic E-state index is 0.0233. The zero-order chi connectivity index (χ0) is 18.5. The minimum absolute atomic E-state index is 0.0233. The van der Waals surface area contributed by atoms with Crippen LogP contribution in [-0.4, -0.2) is 26.3 Å². The standard InChI is InChI=1S/C21H22N6/c22-12-11-20-24-18-10-5-4-9-17(18)21(26-20)25-19(15-27-14-6-13-23-27)16-7-2-1-3-8-16/h1-10,13-14,19H,11-12,15,22H2,(H,24,25,26). The summed E-state index contributed by atoms with van der Waals surface area (Å²) in [5.74, 6) is 1.58. The predicted molar refractivity (Wildman–Crippen MR) is 107 cm³/mol. The number of rotatable bonds is 7. The van der Waals surface area contributed by atoms with Crippen molar-refractivity contribution in [1.29, 1.82) is 0 Å². The van der Waals surface area contributed by atoms with Crippen LogP contribution in [0.3, 0.4) is 0 Å². The number of fused-ring (bicyclic) bond motifs is 1. The van der Waals surface area contributed by atoms with Crippen molar-refractivity contribution < 1.29 is 0 Å². The summed E-state index contributed by atoms with van der Waals surface area (Å²) in [6.07, 6.45) is 4.41. The third-order valence-electron chi connectivity index (χ3n) is 4.46. The molecule has 0 amide bonds. The predicted octanol–water partition coefficient (Wildman–Crippen LogP) is 3.18. The summed E-state index contributed by atoms with van der Waals surface area (Å²) < 4.78 is 1.93. The topological polar surface area (TPSA) is 81.6 Å². The normalized spacial score (nSPS) is 12.2. The van der Waals surface area contributed by atoms with E-state index in [9.17, 15) is 0 Å². The summed E-state index contributed by atoms with van der Waals surface area (Å²) >= 11 is 0. The first-order valence-corrected chi connectivity index (χ1v) is 9.08. The third-order valence-corrected chi connectivity index (χ3v) is 4.46. The average molecular weight is 358 g/mol. The summed E-state index contributed by atoms with van der Waals surface area (Å²) in [7, 11) is 0. The molecule has 0 fully saturated rings. The number of hydrogen-bond acceptors (Lipinski definition) is 5. The molecule has 0 spiro atoms. The second-order valence-electron chi connectivity index (χ2n) is 6.38. The zero-order valence-electron chi connectivity index (χ0n) is 15.0. The highest BCUT2D eigenvalue weighted by molar-refractivity contribution is 5.89. The van der Waals surface area contributed by atoms with Crippen molar-refractivity contribution >= 4 is 16.7 Å². The Morgan fingerprint density at radius 2 is 1.78 bits per heavy atom. The molecule has 27 heavy (non-hydrogen) atoms. The maximum Gasteiger partial charge on any atom is 0.138 e. The molecule has 2 heterocycles. The molecule has 1 unspecified atom stereocenters. The van der Waals surface area contributed by atoms with Crippen molar-refractivity contribution in [1.82, 2.24) is 19.7 Å². The van der Waals surface area contributed by atoms with Crippen LogP contribution in [0, 0.1) is 0 Å². The molecule has 2 aromatic carbocycles. The van der Waals surface area contributed by atoms with Gasteiger partial charge in [-0.1, -0.05) is 42.5 Å². The Labute approximate surface area is 158 Å². The van der Waals surface area contributed by atoms with Crippen molar-refractivity contribution in [2.45, 2.75) is 19.0 Å². The lowest BCUT2D eigenvalue weighted by Crippen LogP contribution is -2.19. The molecule has 1 atom stereocenters. The van der Waals surface area contributed by atoms with Crippen molar-refractivity contribution in [3.63, 3.8) is 0 Å². The van der Waals surface area contributed by atoms with Gasteiger partial charge in [-0.25, -0.2) is 9.97 Å². The molecule has 6 nitrogen and oxygen atoms in total. The van der Waals surface area contributed by atoms with Gasteiger partial charge in [-0.3, -0.25) is 4.68 Å². The van der Waals surface area contributed by atoms with Crippen molar-refractivity contribution in [2.24, 2.45) is 5.73 Å². The molecular weight excluding hydrogens is 336 g/mol. The van der Waals surface area contributed by atoms with Crippen LogP contribution >= 0.6 is 0 Å². The number of nitrogens with zero attached hydrogens (tertiary/aromatic N) is 4. The van der Waals surface area contributed by atoms with E-state index in [-0.39, 0.29) is 6.04 Å². The molecule has 4 aromatic rings. The summed E-state index contributed by atoms with van der Waals surface area (Å²) in [5, 5.41) is 8.98. The molecule has 0 radical (unpaired) electrons. The quantitative estimate of drug-likeness (QED) is 0.530. The lowest BCUT2D eigenvalue weighted by Gasteiger charge is -2.21. The molecule has 0 saturated heterocycles. The number of nitrogens with two attached hydrogens (primary N) is 1. The number of anilines is 1. The highest BCUT2D eigenvalue weighted by atomic mass is 15.3. The van der Waals surface area contributed by atoms with Crippen LogP contribution in [0.15, 0.2) is 73.1 Å². The van der Waals surface area contributed by atoms with Crippen LogP contribution < -0.4 is 11.1 Å². The van der Waals surface area contributed by atoms with E-state index in [4.69, 9.17) is 10.7 Å². The summed E-state index contributed by atoms with van der Waals surface area (Å²) in [6, 6.07) is 20.3. The molecule has 3 N–H and O–H groups in total. The maximum absolute atomic E-state index is 5.73. The van der Waals surface area contributed by atoms with Gasteiger partial charge in [-0.05, 0) is 30.3 Å². The van der Waals surface area contributed by atoms with Gasteiger partial charge >= 0.3 is 0 Å². The molecule has 0 saturated carbocycles. The first kappa shape index (κ1) is 17.2. The van der Waals surface area contributed by atoms with Gasteiger partial charge in [0.1, 0.15) is 11.6 Å². The second-order valence-corrected chi connectivity index (χ2v) is 6.38. The number of benzene rings is 2. The molecule has 0 aliphatic heterocycles. The van der Waals surface area contributed by atoms with E-state index in [0.717, 1.165) is 22.5 Å². The van der Waals surface area contributed by atoms with Gasteiger partial charge in [-0.15, -0.1) is 0 Å². The molecule has 0 bridgehead atoms. The molecule has 136 valence electrons. The molecule has 0 aliphatic carbocycles. The fraction of sp³-hybridized carbons (Fsp3) is 0.190. The Bertz CT molecular complexity index is 998. The van der Waals surface area contributed by atoms with Crippen LogP contribution in [-0.2, 0) is 13.0 Å². The number of hydrogen-bond donors (Lipinski definition) is 2. The molecule has 0 aliphatic rings. The Kier molecular flexibility index (Phi) is 5.07. The van der Waals surface area contributed by atoms with Crippen LogP contribution in [0.5, 0.6) is 0 Å². The number of nitrogens with one attached hydrogen (secondary N) is 1. The number of para-hydroxylation sites is 1. The van der Waals surface area contributed by atoms with Gasteiger partial charge in [0.2, 0.25) is 0 Å². The first-order valence-electron chi connectivity index (χ1n) is 9.08. The first-order chi connectivity index (χ1) is 13.3. The second kappa shape index (κ2) is 7.97. The maximum atomic E-state index is 5.73. The van der Waals surface area contributed by atoms with E-state index in [2.05, 4.69) is 27.5 Å². The SMILES string of the molecule is NCCc1nc(NC(Cn2cccn2)c2ccccc2)c2ccccc2n1. The van der Waals surface area contributed by atoms with Crippen LogP contribution in [0.25, 0.3) is 10.9 Å². The van der Waals surface area contributed by atoms with Crippen LogP contribution in [0.4, 0.5) is 5.82 Å². The fourth-order valence-electron chi connectivity index (χ4n) is 3.16. The summed E-state index contributed by atoms with van der Waals surface area (Å²) in [4.78, 5) is 9.39. The van der Waals surface area contributed by atoms with Gasteiger partial charge in [0.15, 0.2) is 0 Å². The molecular formula is C21H22N6. The van der Waals surface area contributed by atoms with E-state index in [1.165, 1.54) is 5.56 Å². The van der Waals surface area contributed by atoms with E-state index in [0.29, 0.717) is 19.5 Å². The number of aromatic nitrogens is 4.